The third-order valence-corrected chi connectivity index (χ3v) is 4.55. The van der Waals surface area contributed by atoms with E-state index < -0.39 is 0 Å². The molecule has 0 radical (unpaired) electrons. The maximum Gasteiger partial charge on any atom is 0.0994 e. The third-order valence-electron chi connectivity index (χ3n) is 3.90. The molecule has 3 aromatic rings. The molecular formula is C17H16N4S. The van der Waals surface area contributed by atoms with Gasteiger partial charge in [0.2, 0.25) is 0 Å². The van der Waals surface area contributed by atoms with Gasteiger partial charge >= 0.3 is 0 Å². The molecule has 4 nitrogen and oxygen atoms in total. The van der Waals surface area contributed by atoms with Gasteiger partial charge in [0.1, 0.15) is 0 Å². The Morgan fingerprint density at radius 1 is 1.05 bits per heavy atom. The zero-order chi connectivity index (χ0) is 14.8. The van der Waals surface area contributed by atoms with E-state index in [1.807, 2.05) is 30.7 Å². The number of anilines is 1. The SMILES string of the molecule is c1ccc(NSNCC2c3ccccc3-n3cncc32)cc1. The highest BCUT2D eigenvalue weighted by Crippen LogP contribution is 2.36. The standard InChI is InChI=1S/C17H16N4S/c1-2-6-13(7-3-1)20-22-19-10-15-14-8-4-5-9-16(14)21-12-18-11-17(15)21/h1-9,11-12,15,19-20H,10H2. The van der Waals surface area contributed by atoms with Crippen LogP contribution in [0.5, 0.6) is 0 Å². The molecule has 4 rings (SSSR count). The van der Waals surface area contributed by atoms with Crippen LogP contribution in [0.1, 0.15) is 17.2 Å². The van der Waals surface area contributed by atoms with Crippen LogP contribution < -0.4 is 9.44 Å². The maximum absolute atomic E-state index is 4.28. The minimum absolute atomic E-state index is 0.337. The van der Waals surface area contributed by atoms with Crippen LogP contribution in [0.15, 0.2) is 67.1 Å². The number of imidazole rings is 1. The Morgan fingerprint density at radius 3 is 2.77 bits per heavy atom. The van der Waals surface area contributed by atoms with Crippen molar-refractivity contribution in [2.75, 3.05) is 11.3 Å². The minimum atomic E-state index is 0.337. The summed E-state index contributed by atoms with van der Waals surface area (Å²) in [7, 11) is 0. The Balaban J connectivity index is 1.43. The number of nitrogens with one attached hydrogen (secondary N) is 2. The second-order valence-corrected chi connectivity index (χ2v) is 5.92. The lowest BCUT2D eigenvalue weighted by Crippen LogP contribution is -2.16. The molecule has 1 aliphatic heterocycles. The van der Waals surface area contributed by atoms with Crippen LogP contribution in [0, 0.1) is 0 Å². The summed E-state index contributed by atoms with van der Waals surface area (Å²) in [6, 6.07) is 18.7. The fourth-order valence-corrected chi connectivity index (χ4v) is 3.44. The van der Waals surface area contributed by atoms with Crippen molar-refractivity contribution < 1.29 is 0 Å². The Morgan fingerprint density at radius 2 is 1.86 bits per heavy atom. The third kappa shape index (κ3) is 2.38. The van der Waals surface area contributed by atoms with Crippen LogP contribution in [0.25, 0.3) is 5.69 Å². The highest BCUT2D eigenvalue weighted by molar-refractivity contribution is 7.98. The molecule has 0 bridgehead atoms. The van der Waals surface area contributed by atoms with Gasteiger partial charge in [0, 0.05) is 36.5 Å². The average Bonchev–Trinajstić information content (AvgIpc) is 3.15. The fraction of sp³-hybridized carbons (Fsp3) is 0.118. The molecular weight excluding hydrogens is 292 g/mol. The number of hydrogen-bond acceptors (Lipinski definition) is 4. The van der Waals surface area contributed by atoms with Crippen molar-refractivity contribution in [2.45, 2.75) is 5.92 Å². The van der Waals surface area contributed by atoms with Crippen molar-refractivity contribution in [1.82, 2.24) is 14.3 Å². The quantitative estimate of drug-likeness (QED) is 0.558. The molecule has 1 aliphatic rings. The first-order valence-corrected chi connectivity index (χ1v) is 8.06. The van der Waals surface area contributed by atoms with E-state index in [9.17, 15) is 0 Å². The summed E-state index contributed by atoms with van der Waals surface area (Å²) in [4.78, 5) is 4.28. The van der Waals surface area contributed by atoms with Crippen molar-refractivity contribution in [1.29, 1.82) is 0 Å². The molecule has 1 atom stereocenters. The van der Waals surface area contributed by atoms with Crippen LogP contribution in [0.3, 0.4) is 0 Å². The number of nitrogens with zero attached hydrogens (tertiary/aromatic N) is 2. The zero-order valence-electron chi connectivity index (χ0n) is 11.9. The van der Waals surface area contributed by atoms with Gasteiger partial charge in [-0.1, -0.05) is 36.4 Å². The molecule has 0 spiro atoms. The first-order valence-electron chi connectivity index (χ1n) is 7.25. The molecule has 22 heavy (non-hydrogen) atoms. The summed E-state index contributed by atoms with van der Waals surface area (Å²) >= 11 is 1.52. The first-order chi connectivity index (χ1) is 10.9. The Labute approximate surface area is 133 Å². The predicted molar refractivity (Wildman–Crippen MR) is 91.1 cm³/mol. The molecule has 0 aliphatic carbocycles. The van der Waals surface area contributed by atoms with Crippen LogP contribution in [0.2, 0.25) is 0 Å². The predicted octanol–water partition coefficient (Wildman–Crippen LogP) is 3.58. The van der Waals surface area contributed by atoms with E-state index in [4.69, 9.17) is 0 Å². The molecule has 0 fully saturated rings. The number of hydrogen-bond donors (Lipinski definition) is 2. The van der Waals surface area contributed by atoms with Crippen molar-refractivity contribution >= 4 is 17.8 Å². The van der Waals surface area contributed by atoms with E-state index in [0.29, 0.717) is 5.92 Å². The highest BCUT2D eigenvalue weighted by Gasteiger charge is 2.28. The first kappa shape index (κ1) is 13.4. The van der Waals surface area contributed by atoms with Gasteiger partial charge in [0.15, 0.2) is 0 Å². The number of rotatable bonds is 5. The Kier molecular flexibility index (Phi) is 3.58. The van der Waals surface area contributed by atoms with Crippen LogP contribution in [-0.2, 0) is 0 Å². The van der Waals surface area contributed by atoms with Gasteiger partial charge in [-0.25, -0.2) is 9.71 Å². The molecule has 2 heterocycles. The van der Waals surface area contributed by atoms with E-state index in [2.05, 4.69) is 55.4 Å². The highest BCUT2D eigenvalue weighted by atomic mass is 32.2. The summed E-state index contributed by atoms with van der Waals surface area (Å²) in [5.74, 6) is 0.337. The van der Waals surface area contributed by atoms with Crippen LogP contribution in [0.4, 0.5) is 5.69 Å². The van der Waals surface area contributed by atoms with Gasteiger partial charge < -0.3 is 9.29 Å². The molecule has 0 amide bonds. The minimum Gasteiger partial charge on any atom is -0.317 e. The zero-order valence-corrected chi connectivity index (χ0v) is 12.8. The molecule has 1 unspecified atom stereocenters. The van der Waals surface area contributed by atoms with E-state index in [1.54, 1.807) is 0 Å². The van der Waals surface area contributed by atoms with Crippen molar-refractivity contribution in [3.05, 3.63) is 78.4 Å². The smallest absolute Gasteiger partial charge is 0.0994 e. The Bertz CT molecular complexity index is 769. The molecule has 5 heteroatoms. The monoisotopic (exact) mass is 308 g/mol. The summed E-state index contributed by atoms with van der Waals surface area (Å²) in [6.45, 7) is 0.854. The second-order valence-electron chi connectivity index (χ2n) is 5.22. The van der Waals surface area contributed by atoms with Gasteiger partial charge in [-0.2, -0.15) is 0 Å². The molecule has 110 valence electrons. The largest absolute Gasteiger partial charge is 0.317 e. The van der Waals surface area contributed by atoms with Crippen molar-refractivity contribution in [3.8, 4) is 5.69 Å². The van der Waals surface area contributed by atoms with Gasteiger partial charge in [-0.15, -0.1) is 0 Å². The number of para-hydroxylation sites is 2. The van der Waals surface area contributed by atoms with Crippen LogP contribution in [-0.4, -0.2) is 16.1 Å². The maximum atomic E-state index is 4.28. The summed E-state index contributed by atoms with van der Waals surface area (Å²) in [5, 5.41) is 0. The second kappa shape index (κ2) is 5.87. The fourth-order valence-electron chi connectivity index (χ4n) is 2.87. The molecule has 2 aromatic carbocycles. The summed E-state index contributed by atoms with van der Waals surface area (Å²) < 4.78 is 8.88. The topological polar surface area (TPSA) is 41.9 Å². The van der Waals surface area contributed by atoms with Gasteiger partial charge in [0.25, 0.3) is 0 Å². The van der Waals surface area contributed by atoms with Gasteiger partial charge in [-0.3, -0.25) is 0 Å². The van der Waals surface area contributed by atoms with Crippen molar-refractivity contribution in [3.63, 3.8) is 0 Å². The van der Waals surface area contributed by atoms with Gasteiger partial charge in [0.05, 0.1) is 17.7 Å². The molecule has 0 saturated carbocycles. The summed E-state index contributed by atoms with van der Waals surface area (Å²) in [5.41, 5.74) is 4.93. The van der Waals surface area contributed by atoms with Gasteiger partial charge in [-0.05, 0) is 23.8 Å². The summed E-state index contributed by atoms with van der Waals surface area (Å²) in [6.07, 6.45) is 3.85. The van der Waals surface area contributed by atoms with Crippen LogP contribution >= 0.6 is 12.1 Å². The van der Waals surface area contributed by atoms with E-state index >= 15 is 0 Å². The van der Waals surface area contributed by atoms with E-state index in [0.717, 1.165) is 12.2 Å². The number of benzene rings is 2. The van der Waals surface area contributed by atoms with E-state index in [-0.39, 0.29) is 0 Å². The lowest BCUT2D eigenvalue weighted by Gasteiger charge is -2.12. The molecule has 2 N–H and O–H groups in total. The lowest BCUT2D eigenvalue weighted by atomic mass is 9.99. The van der Waals surface area contributed by atoms with E-state index in [1.165, 1.54) is 29.1 Å². The lowest BCUT2D eigenvalue weighted by molar-refractivity contribution is 0.782. The molecule has 0 saturated heterocycles. The molecule has 1 aromatic heterocycles. The average molecular weight is 308 g/mol. The van der Waals surface area contributed by atoms with Crippen molar-refractivity contribution in [2.24, 2.45) is 0 Å². The number of aromatic nitrogens is 2. The normalized spacial score (nSPS) is 15.4. The number of fused-ring (bicyclic) bond motifs is 3. The Hall–Kier alpha value is -2.24.